The van der Waals surface area contributed by atoms with Gasteiger partial charge in [-0.1, -0.05) is 29.3 Å². The Morgan fingerprint density at radius 2 is 2.05 bits per heavy atom. The van der Waals surface area contributed by atoms with E-state index in [-0.39, 0.29) is 12.5 Å². The predicted octanol–water partition coefficient (Wildman–Crippen LogP) is 3.81. The molecule has 110 valence electrons. The van der Waals surface area contributed by atoms with E-state index in [1.165, 1.54) is 6.42 Å². The maximum absolute atomic E-state index is 11.9. The van der Waals surface area contributed by atoms with Gasteiger partial charge in [0.05, 0.1) is 22.3 Å². The lowest BCUT2D eigenvalue weighted by Gasteiger charge is -2.13. The maximum Gasteiger partial charge on any atom is 0.238 e. The molecule has 1 fully saturated rings. The lowest BCUT2D eigenvalue weighted by molar-refractivity contribution is -0.115. The monoisotopic (exact) mass is 332 g/mol. The highest BCUT2D eigenvalue weighted by atomic mass is 35.5. The molecule has 2 rings (SSSR count). The Bertz CT molecular complexity index is 464. The molecule has 6 heteroatoms. The van der Waals surface area contributed by atoms with E-state index in [0.717, 1.165) is 12.8 Å². The molecular formula is C14H18Cl2N2OS. The Morgan fingerprint density at radius 1 is 1.35 bits per heavy atom. The van der Waals surface area contributed by atoms with E-state index in [0.29, 0.717) is 27.0 Å². The van der Waals surface area contributed by atoms with Crippen LogP contribution >= 0.6 is 35.0 Å². The summed E-state index contributed by atoms with van der Waals surface area (Å²) in [6.45, 7) is 0.285. The fourth-order valence-corrected chi connectivity index (χ4v) is 3.67. The molecule has 0 radical (unpaired) electrons. The SMILES string of the molecule is CSC1CCC(NCC(=O)Nc2c(Cl)cccc2Cl)C1. The Balaban J connectivity index is 1.81. The van der Waals surface area contributed by atoms with Crippen LogP contribution in [0.5, 0.6) is 0 Å². The fraction of sp³-hybridized carbons (Fsp3) is 0.500. The summed E-state index contributed by atoms with van der Waals surface area (Å²) in [6, 6.07) is 5.59. The van der Waals surface area contributed by atoms with Crippen molar-refractivity contribution in [1.82, 2.24) is 5.32 Å². The van der Waals surface area contributed by atoms with Crippen LogP contribution in [0, 0.1) is 0 Å². The number of hydrogen-bond acceptors (Lipinski definition) is 3. The predicted molar refractivity (Wildman–Crippen MR) is 88.0 cm³/mol. The number of anilines is 1. The summed E-state index contributed by atoms with van der Waals surface area (Å²) >= 11 is 13.9. The Kier molecular flexibility index (Phi) is 6.02. The molecule has 2 atom stereocenters. The second kappa shape index (κ2) is 7.55. The normalized spacial score (nSPS) is 21.9. The van der Waals surface area contributed by atoms with E-state index in [1.54, 1.807) is 18.2 Å². The van der Waals surface area contributed by atoms with Gasteiger partial charge >= 0.3 is 0 Å². The number of carbonyl (C=O) groups excluding carboxylic acids is 1. The molecule has 0 heterocycles. The van der Waals surface area contributed by atoms with Gasteiger partial charge in [-0.05, 0) is 37.7 Å². The zero-order valence-corrected chi connectivity index (χ0v) is 13.6. The molecule has 0 spiro atoms. The summed E-state index contributed by atoms with van der Waals surface area (Å²) < 4.78 is 0. The summed E-state index contributed by atoms with van der Waals surface area (Å²) in [4.78, 5) is 11.9. The van der Waals surface area contributed by atoms with Crippen molar-refractivity contribution in [3.8, 4) is 0 Å². The van der Waals surface area contributed by atoms with Crippen molar-refractivity contribution < 1.29 is 4.79 Å². The van der Waals surface area contributed by atoms with E-state index < -0.39 is 0 Å². The lowest BCUT2D eigenvalue weighted by atomic mass is 10.2. The first-order chi connectivity index (χ1) is 9.60. The first kappa shape index (κ1) is 16.0. The van der Waals surface area contributed by atoms with Crippen LogP contribution < -0.4 is 10.6 Å². The van der Waals surface area contributed by atoms with Crippen LogP contribution in [-0.2, 0) is 4.79 Å². The average Bonchev–Trinajstić information content (AvgIpc) is 2.89. The lowest BCUT2D eigenvalue weighted by Crippen LogP contribution is -2.34. The van der Waals surface area contributed by atoms with Crippen LogP contribution in [0.3, 0.4) is 0 Å². The first-order valence-electron chi connectivity index (χ1n) is 6.60. The van der Waals surface area contributed by atoms with E-state index in [9.17, 15) is 4.79 Å². The van der Waals surface area contributed by atoms with Gasteiger partial charge in [0.25, 0.3) is 0 Å². The Morgan fingerprint density at radius 3 is 2.65 bits per heavy atom. The van der Waals surface area contributed by atoms with Crippen molar-refractivity contribution in [1.29, 1.82) is 0 Å². The Labute approximate surface area is 133 Å². The maximum atomic E-state index is 11.9. The van der Waals surface area contributed by atoms with Gasteiger partial charge in [-0.15, -0.1) is 0 Å². The van der Waals surface area contributed by atoms with Gasteiger partial charge in [-0.2, -0.15) is 11.8 Å². The van der Waals surface area contributed by atoms with Crippen LogP contribution in [0.2, 0.25) is 10.0 Å². The van der Waals surface area contributed by atoms with E-state index in [4.69, 9.17) is 23.2 Å². The molecule has 1 aromatic rings. The second-order valence-corrected chi connectivity index (χ2v) is 6.85. The summed E-state index contributed by atoms with van der Waals surface area (Å²) in [7, 11) is 0. The summed E-state index contributed by atoms with van der Waals surface area (Å²) in [5, 5.41) is 7.67. The molecule has 2 unspecified atom stereocenters. The number of rotatable bonds is 5. The third-order valence-corrected chi connectivity index (χ3v) is 5.22. The molecule has 1 saturated carbocycles. The molecule has 0 bridgehead atoms. The van der Waals surface area contributed by atoms with Gasteiger partial charge < -0.3 is 10.6 Å². The second-order valence-electron chi connectivity index (χ2n) is 4.89. The van der Waals surface area contributed by atoms with Crippen LogP contribution in [0.15, 0.2) is 18.2 Å². The van der Waals surface area contributed by atoms with Crippen molar-refractivity contribution in [3.05, 3.63) is 28.2 Å². The van der Waals surface area contributed by atoms with E-state index >= 15 is 0 Å². The molecule has 1 aliphatic carbocycles. The van der Waals surface area contributed by atoms with Gasteiger partial charge in [0.15, 0.2) is 0 Å². The third kappa shape index (κ3) is 4.29. The standard InChI is InChI=1S/C14H18Cl2N2OS/c1-20-10-6-5-9(7-10)17-8-13(19)18-14-11(15)3-2-4-12(14)16/h2-4,9-10,17H,5-8H2,1H3,(H,18,19). The summed E-state index contributed by atoms with van der Waals surface area (Å²) in [5.41, 5.74) is 0.482. The van der Waals surface area contributed by atoms with Crippen LogP contribution in [0.1, 0.15) is 19.3 Å². The minimum atomic E-state index is -0.118. The number of benzene rings is 1. The highest BCUT2D eigenvalue weighted by Crippen LogP contribution is 2.30. The van der Waals surface area contributed by atoms with E-state index in [2.05, 4.69) is 16.9 Å². The molecule has 1 aliphatic rings. The van der Waals surface area contributed by atoms with Gasteiger partial charge in [0.2, 0.25) is 5.91 Å². The van der Waals surface area contributed by atoms with Crippen molar-refractivity contribution in [2.45, 2.75) is 30.6 Å². The summed E-state index contributed by atoms with van der Waals surface area (Å²) in [5.74, 6) is -0.118. The highest BCUT2D eigenvalue weighted by Gasteiger charge is 2.23. The minimum Gasteiger partial charge on any atom is -0.322 e. The number of nitrogens with one attached hydrogen (secondary N) is 2. The Hall–Kier alpha value is -0.420. The topological polar surface area (TPSA) is 41.1 Å². The fourth-order valence-electron chi connectivity index (χ4n) is 2.38. The van der Waals surface area contributed by atoms with Crippen molar-refractivity contribution in [3.63, 3.8) is 0 Å². The quantitative estimate of drug-likeness (QED) is 0.861. The largest absolute Gasteiger partial charge is 0.322 e. The average molecular weight is 333 g/mol. The van der Waals surface area contributed by atoms with Crippen molar-refractivity contribution in [2.75, 3.05) is 18.1 Å². The highest BCUT2D eigenvalue weighted by molar-refractivity contribution is 7.99. The van der Waals surface area contributed by atoms with Gasteiger partial charge in [0, 0.05) is 11.3 Å². The molecule has 2 N–H and O–H groups in total. The molecule has 0 aliphatic heterocycles. The third-order valence-electron chi connectivity index (χ3n) is 3.50. The molecule has 1 amide bonds. The van der Waals surface area contributed by atoms with Crippen molar-refractivity contribution >= 4 is 46.6 Å². The smallest absolute Gasteiger partial charge is 0.238 e. The van der Waals surface area contributed by atoms with E-state index in [1.807, 2.05) is 11.8 Å². The minimum absolute atomic E-state index is 0.118. The molecule has 0 aromatic heterocycles. The molecule has 20 heavy (non-hydrogen) atoms. The number of halogens is 2. The number of carbonyl (C=O) groups is 1. The number of amides is 1. The number of para-hydroxylation sites is 1. The van der Waals surface area contributed by atoms with Gasteiger partial charge in [-0.25, -0.2) is 0 Å². The molecule has 1 aromatic carbocycles. The first-order valence-corrected chi connectivity index (χ1v) is 8.64. The van der Waals surface area contributed by atoms with Crippen LogP contribution in [0.25, 0.3) is 0 Å². The molecular weight excluding hydrogens is 315 g/mol. The van der Waals surface area contributed by atoms with Crippen molar-refractivity contribution in [2.24, 2.45) is 0 Å². The summed E-state index contributed by atoms with van der Waals surface area (Å²) in [6.07, 6.45) is 5.61. The van der Waals surface area contributed by atoms with Crippen LogP contribution in [0.4, 0.5) is 5.69 Å². The van der Waals surface area contributed by atoms with Crippen LogP contribution in [-0.4, -0.2) is 30.0 Å². The van der Waals surface area contributed by atoms with Gasteiger partial charge in [-0.3, -0.25) is 4.79 Å². The molecule has 3 nitrogen and oxygen atoms in total. The molecule has 0 saturated heterocycles. The number of thioether (sulfide) groups is 1. The van der Waals surface area contributed by atoms with Gasteiger partial charge in [0.1, 0.15) is 0 Å². The zero-order chi connectivity index (χ0) is 14.5. The number of hydrogen-bond donors (Lipinski definition) is 2. The zero-order valence-electron chi connectivity index (χ0n) is 11.3.